The lowest BCUT2D eigenvalue weighted by molar-refractivity contribution is -0.149. The molecule has 0 aliphatic carbocycles. The molecule has 1 amide bonds. The van der Waals surface area contributed by atoms with Crippen LogP contribution in [0, 0.1) is 11.7 Å². The summed E-state index contributed by atoms with van der Waals surface area (Å²) in [6.45, 7) is 2.91. The number of carbonyl (C=O) groups excluding carboxylic acids is 2. The Bertz CT molecular complexity index is 1420. The quantitative estimate of drug-likeness (QED) is 0.235. The lowest BCUT2D eigenvalue weighted by Crippen LogP contribution is -2.43. The number of thioether (sulfide) groups is 1. The van der Waals surface area contributed by atoms with E-state index in [-0.39, 0.29) is 29.2 Å². The van der Waals surface area contributed by atoms with Crippen LogP contribution in [-0.4, -0.2) is 56.2 Å². The number of amides is 1. The fourth-order valence-electron chi connectivity index (χ4n) is 4.37. The van der Waals surface area contributed by atoms with Crippen LogP contribution in [0.25, 0.3) is 17.1 Å². The van der Waals surface area contributed by atoms with Crippen molar-refractivity contribution >= 4 is 23.6 Å². The molecule has 2 aromatic heterocycles. The highest BCUT2D eigenvalue weighted by atomic mass is 32.2. The summed E-state index contributed by atoms with van der Waals surface area (Å²) in [7, 11) is 0. The SMILES string of the molecule is CCOC(=O)C1CCCN(C(=O)c2coc(CSc3nnc(-c4ccccc4)n3-c3ccccc3F)n2)C1. The fraction of sp³-hybridized carbons (Fsp3) is 0.296. The Balaban J connectivity index is 1.32. The summed E-state index contributed by atoms with van der Waals surface area (Å²) in [5, 5.41) is 9.07. The number of nitrogens with zero attached hydrogens (tertiary/aromatic N) is 5. The van der Waals surface area contributed by atoms with Gasteiger partial charge in [0.1, 0.15) is 12.1 Å². The lowest BCUT2D eigenvalue weighted by Gasteiger charge is -2.30. The zero-order valence-electron chi connectivity index (χ0n) is 20.7. The Kier molecular flexibility index (Phi) is 7.83. The van der Waals surface area contributed by atoms with E-state index < -0.39 is 5.82 Å². The summed E-state index contributed by atoms with van der Waals surface area (Å²) in [6, 6.07) is 15.9. The molecule has 3 heterocycles. The Morgan fingerprint density at radius 2 is 1.92 bits per heavy atom. The number of carbonyl (C=O) groups is 2. The maximum absolute atomic E-state index is 14.8. The molecule has 0 bridgehead atoms. The molecule has 1 atom stereocenters. The zero-order valence-corrected chi connectivity index (χ0v) is 21.6. The summed E-state index contributed by atoms with van der Waals surface area (Å²) >= 11 is 1.27. The minimum Gasteiger partial charge on any atom is -0.466 e. The summed E-state index contributed by atoms with van der Waals surface area (Å²) in [6.07, 6.45) is 2.73. The molecular formula is C27H26FN5O4S. The minimum atomic E-state index is -0.405. The molecule has 1 unspecified atom stereocenters. The van der Waals surface area contributed by atoms with Crippen molar-refractivity contribution in [2.45, 2.75) is 30.7 Å². The number of likely N-dealkylation sites (tertiary alicyclic amines) is 1. The van der Waals surface area contributed by atoms with Crippen molar-refractivity contribution < 1.29 is 23.1 Å². The van der Waals surface area contributed by atoms with Gasteiger partial charge in [-0.05, 0) is 31.9 Å². The second-order valence-corrected chi connectivity index (χ2v) is 9.66. The molecule has 196 valence electrons. The molecule has 4 aromatic rings. The first-order valence-corrected chi connectivity index (χ1v) is 13.3. The van der Waals surface area contributed by atoms with Gasteiger partial charge in [-0.1, -0.05) is 54.2 Å². The molecule has 2 aromatic carbocycles. The Hall–Kier alpha value is -3.99. The molecule has 1 aliphatic heterocycles. The van der Waals surface area contributed by atoms with Crippen molar-refractivity contribution in [3.05, 3.63) is 78.3 Å². The number of hydrogen-bond acceptors (Lipinski definition) is 8. The number of piperidine rings is 1. The Labute approximate surface area is 223 Å². The number of halogens is 1. The van der Waals surface area contributed by atoms with E-state index in [0.29, 0.717) is 55.1 Å². The second-order valence-electron chi connectivity index (χ2n) is 8.72. The van der Waals surface area contributed by atoms with Crippen LogP contribution in [0.5, 0.6) is 0 Å². The first kappa shape index (κ1) is 25.7. The number of oxazole rings is 1. The highest BCUT2D eigenvalue weighted by Crippen LogP contribution is 2.31. The largest absolute Gasteiger partial charge is 0.466 e. The van der Waals surface area contributed by atoms with Gasteiger partial charge in [-0.15, -0.1) is 10.2 Å². The molecule has 0 N–H and O–H groups in total. The zero-order chi connectivity index (χ0) is 26.5. The monoisotopic (exact) mass is 535 g/mol. The molecular weight excluding hydrogens is 509 g/mol. The van der Waals surface area contributed by atoms with E-state index in [0.717, 1.165) is 5.56 Å². The van der Waals surface area contributed by atoms with Gasteiger partial charge in [-0.25, -0.2) is 9.37 Å². The van der Waals surface area contributed by atoms with Gasteiger partial charge in [0.2, 0.25) is 5.89 Å². The lowest BCUT2D eigenvalue weighted by atomic mass is 9.98. The van der Waals surface area contributed by atoms with Crippen LogP contribution in [0.1, 0.15) is 36.1 Å². The van der Waals surface area contributed by atoms with Crippen LogP contribution in [0.15, 0.2) is 70.4 Å². The summed E-state index contributed by atoms with van der Waals surface area (Å²) in [4.78, 5) is 31.1. The molecule has 38 heavy (non-hydrogen) atoms. The summed E-state index contributed by atoms with van der Waals surface area (Å²) in [5.74, 6) is -0.239. The molecule has 0 saturated carbocycles. The molecule has 5 rings (SSSR count). The molecule has 1 aliphatic rings. The van der Waals surface area contributed by atoms with E-state index in [2.05, 4.69) is 15.2 Å². The average Bonchev–Trinajstić information content (AvgIpc) is 3.60. The van der Waals surface area contributed by atoms with Crippen LogP contribution < -0.4 is 0 Å². The van der Waals surface area contributed by atoms with Gasteiger partial charge in [0.25, 0.3) is 5.91 Å². The number of para-hydroxylation sites is 1. The molecule has 1 saturated heterocycles. The standard InChI is InChI=1S/C27H26FN5O4S/c1-2-36-26(35)19-11-8-14-32(15-19)25(34)21-16-37-23(29-21)17-38-27-31-30-24(18-9-4-3-5-10-18)33(27)22-13-7-6-12-20(22)28/h3-7,9-10,12-13,16,19H,2,8,11,14-15,17H2,1H3. The third-order valence-corrected chi connectivity index (χ3v) is 7.10. The smallest absolute Gasteiger partial charge is 0.310 e. The van der Waals surface area contributed by atoms with Gasteiger partial charge in [0.15, 0.2) is 16.7 Å². The third kappa shape index (κ3) is 5.47. The van der Waals surface area contributed by atoms with E-state index in [4.69, 9.17) is 9.15 Å². The number of ether oxygens (including phenoxy) is 1. The maximum Gasteiger partial charge on any atom is 0.310 e. The minimum absolute atomic E-state index is 0.172. The van der Waals surface area contributed by atoms with Crippen molar-refractivity contribution in [3.8, 4) is 17.1 Å². The number of hydrogen-bond donors (Lipinski definition) is 0. The predicted octanol–water partition coefficient (Wildman–Crippen LogP) is 4.77. The highest BCUT2D eigenvalue weighted by Gasteiger charge is 2.31. The van der Waals surface area contributed by atoms with E-state index >= 15 is 0 Å². The maximum atomic E-state index is 14.8. The van der Waals surface area contributed by atoms with Crippen molar-refractivity contribution in [1.29, 1.82) is 0 Å². The molecule has 0 radical (unpaired) electrons. The van der Waals surface area contributed by atoms with Gasteiger partial charge < -0.3 is 14.1 Å². The van der Waals surface area contributed by atoms with E-state index in [1.165, 1.54) is 24.1 Å². The van der Waals surface area contributed by atoms with Crippen LogP contribution in [-0.2, 0) is 15.3 Å². The first-order chi connectivity index (χ1) is 18.5. The van der Waals surface area contributed by atoms with E-state index in [1.807, 2.05) is 30.3 Å². The van der Waals surface area contributed by atoms with Crippen LogP contribution in [0.3, 0.4) is 0 Å². The Morgan fingerprint density at radius 1 is 1.13 bits per heavy atom. The number of benzene rings is 2. The Morgan fingerprint density at radius 3 is 2.71 bits per heavy atom. The van der Waals surface area contributed by atoms with Crippen molar-refractivity contribution in [1.82, 2.24) is 24.6 Å². The van der Waals surface area contributed by atoms with Gasteiger partial charge in [-0.3, -0.25) is 14.2 Å². The van der Waals surface area contributed by atoms with Crippen LogP contribution >= 0.6 is 11.8 Å². The number of rotatable bonds is 8. The van der Waals surface area contributed by atoms with Gasteiger partial charge in [0.05, 0.1) is 24.0 Å². The molecule has 1 fully saturated rings. The molecule has 0 spiro atoms. The second kappa shape index (κ2) is 11.6. The molecule has 9 nitrogen and oxygen atoms in total. The van der Waals surface area contributed by atoms with Crippen molar-refractivity contribution in [3.63, 3.8) is 0 Å². The van der Waals surface area contributed by atoms with Crippen LogP contribution in [0.2, 0.25) is 0 Å². The fourth-order valence-corrected chi connectivity index (χ4v) is 5.16. The van der Waals surface area contributed by atoms with Crippen molar-refractivity contribution in [2.75, 3.05) is 19.7 Å². The summed E-state index contributed by atoms with van der Waals surface area (Å²) in [5.41, 5.74) is 1.29. The van der Waals surface area contributed by atoms with E-state index in [1.54, 1.807) is 34.6 Å². The third-order valence-electron chi connectivity index (χ3n) is 6.18. The average molecular weight is 536 g/mol. The predicted molar refractivity (Wildman–Crippen MR) is 138 cm³/mol. The van der Waals surface area contributed by atoms with Crippen molar-refractivity contribution in [2.24, 2.45) is 5.92 Å². The van der Waals surface area contributed by atoms with Gasteiger partial charge in [-0.2, -0.15) is 0 Å². The summed E-state index contributed by atoms with van der Waals surface area (Å²) < 4.78 is 27.1. The number of esters is 1. The van der Waals surface area contributed by atoms with Crippen LogP contribution in [0.4, 0.5) is 4.39 Å². The molecule has 11 heteroatoms. The van der Waals surface area contributed by atoms with E-state index in [9.17, 15) is 14.0 Å². The normalized spacial score (nSPS) is 15.4. The first-order valence-electron chi connectivity index (χ1n) is 12.3. The van der Waals surface area contributed by atoms with Gasteiger partial charge in [0, 0.05) is 18.7 Å². The highest BCUT2D eigenvalue weighted by molar-refractivity contribution is 7.98. The number of aromatic nitrogens is 4. The topological polar surface area (TPSA) is 103 Å². The van der Waals surface area contributed by atoms with Gasteiger partial charge >= 0.3 is 5.97 Å².